The second-order valence-corrected chi connectivity index (χ2v) is 6.10. The van der Waals surface area contributed by atoms with Crippen molar-refractivity contribution < 1.29 is 8.42 Å². The van der Waals surface area contributed by atoms with Crippen LogP contribution in [0, 0.1) is 0 Å². The van der Waals surface area contributed by atoms with Crippen molar-refractivity contribution >= 4 is 10.0 Å². The zero-order chi connectivity index (χ0) is 11.1. The lowest BCUT2D eigenvalue weighted by Crippen LogP contribution is -2.35. The monoisotopic (exact) mass is 234 g/mol. The first-order valence-electron chi connectivity index (χ1n) is 5.82. The zero-order valence-corrected chi connectivity index (χ0v) is 10.1. The summed E-state index contributed by atoms with van der Waals surface area (Å²) in [5.41, 5.74) is 0. The van der Waals surface area contributed by atoms with Gasteiger partial charge in [-0.15, -0.1) is 0 Å². The SMILES string of the molecule is NS(=O)(=O)CCNC1CCCCCCC1. The van der Waals surface area contributed by atoms with Crippen LogP contribution in [0.4, 0.5) is 0 Å². The maximum absolute atomic E-state index is 10.7. The van der Waals surface area contributed by atoms with Crippen molar-refractivity contribution in [1.29, 1.82) is 0 Å². The minimum Gasteiger partial charge on any atom is -0.313 e. The highest BCUT2D eigenvalue weighted by Gasteiger charge is 2.11. The second kappa shape index (κ2) is 6.45. The highest BCUT2D eigenvalue weighted by Crippen LogP contribution is 2.16. The van der Waals surface area contributed by atoms with E-state index in [1.54, 1.807) is 0 Å². The van der Waals surface area contributed by atoms with E-state index in [-0.39, 0.29) is 5.75 Å². The average Bonchev–Trinajstić information content (AvgIpc) is 2.06. The third-order valence-corrected chi connectivity index (χ3v) is 3.70. The van der Waals surface area contributed by atoms with Crippen molar-refractivity contribution in [2.75, 3.05) is 12.3 Å². The van der Waals surface area contributed by atoms with Crippen LogP contribution in [-0.2, 0) is 10.0 Å². The normalized spacial score (nSPS) is 20.9. The molecule has 0 aromatic heterocycles. The Kier molecular flexibility index (Phi) is 5.56. The van der Waals surface area contributed by atoms with Crippen LogP contribution in [0.25, 0.3) is 0 Å². The minimum atomic E-state index is -3.30. The highest BCUT2D eigenvalue weighted by atomic mass is 32.2. The lowest BCUT2D eigenvalue weighted by atomic mass is 9.97. The Morgan fingerprint density at radius 2 is 1.60 bits per heavy atom. The predicted molar refractivity (Wildman–Crippen MR) is 62.1 cm³/mol. The summed E-state index contributed by atoms with van der Waals surface area (Å²) in [6, 6.07) is 0.493. The second-order valence-electron chi connectivity index (χ2n) is 4.36. The third-order valence-electron chi connectivity index (χ3n) is 2.92. The zero-order valence-electron chi connectivity index (χ0n) is 9.24. The number of nitrogens with one attached hydrogen (secondary N) is 1. The molecule has 0 atom stereocenters. The molecule has 0 radical (unpaired) electrons. The summed E-state index contributed by atoms with van der Waals surface area (Å²) in [5.74, 6) is 0.0451. The first-order chi connectivity index (χ1) is 7.08. The Hall–Kier alpha value is -0.130. The van der Waals surface area contributed by atoms with E-state index in [2.05, 4.69) is 5.32 Å². The molecule has 0 unspecified atom stereocenters. The molecule has 0 aromatic rings. The number of nitrogens with two attached hydrogens (primary N) is 1. The maximum Gasteiger partial charge on any atom is 0.210 e. The van der Waals surface area contributed by atoms with E-state index in [0.717, 1.165) is 0 Å². The van der Waals surface area contributed by atoms with E-state index in [4.69, 9.17) is 5.14 Å². The van der Waals surface area contributed by atoms with Gasteiger partial charge in [0.1, 0.15) is 0 Å². The van der Waals surface area contributed by atoms with Crippen LogP contribution in [0.3, 0.4) is 0 Å². The predicted octanol–water partition coefficient (Wildman–Crippen LogP) is 0.977. The first-order valence-corrected chi connectivity index (χ1v) is 7.53. The lowest BCUT2D eigenvalue weighted by Gasteiger charge is -2.20. The van der Waals surface area contributed by atoms with Crippen LogP contribution in [0.1, 0.15) is 44.9 Å². The Morgan fingerprint density at radius 1 is 1.07 bits per heavy atom. The van der Waals surface area contributed by atoms with Gasteiger partial charge in [-0.2, -0.15) is 0 Å². The van der Waals surface area contributed by atoms with Gasteiger partial charge in [0.2, 0.25) is 10.0 Å². The fourth-order valence-electron chi connectivity index (χ4n) is 2.07. The van der Waals surface area contributed by atoms with E-state index in [9.17, 15) is 8.42 Å². The molecule has 0 spiro atoms. The largest absolute Gasteiger partial charge is 0.313 e. The topological polar surface area (TPSA) is 72.2 Å². The van der Waals surface area contributed by atoms with Gasteiger partial charge >= 0.3 is 0 Å². The van der Waals surface area contributed by atoms with Crippen LogP contribution >= 0.6 is 0 Å². The van der Waals surface area contributed by atoms with Crippen LogP contribution in [0.2, 0.25) is 0 Å². The molecule has 90 valence electrons. The molecule has 0 heterocycles. The maximum atomic E-state index is 10.7. The molecule has 0 bridgehead atoms. The Morgan fingerprint density at radius 3 is 2.13 bits per heavy atom. The van der Waals surface area contributed by atoms with Crippen LogP contribution in [0.15, 0.2) is 0 Å². The molecule has 0 saturated heterocycles. The van der Waals surface area contributed by atoms with Gasteiger partial charge in [-0.3, -0.25) is 0 Å². The summed E-state index contributed by atoms with van der Waals surface area (Å²) < 4.78 is 21.5. The molecule has 4 nitrogen and oxygen atoms in total. The fourth-order valence-corrected chi connectivity index (χ4v) is 2.47. The lowest BCUT2D eigenvalue weighted by molar-refractivity contribution is 0.396. The van der Waals surface area contributed by atoms with Crippen LogP contribution < -0.4 is 10.5 Å². The van der Waals surface area contributed by atoms with Crippen molar-refractivity contribution in [1.82, 2.24) is 5.32 Å². The summed E-state index contributed by atoms with van der Waals surface area (Å²) >= 11 is 0. The molecule has 0 aliphatic heterocycles. The Balaban J connectivity index is 2.18. The summed E-state index contributed by atoms with van der Waals surface area (Å²) in [6.45, 7) is 0.490. The molecular formula is C10H22N2O2S. The van der Waals surface area contributed by atoms with Crippen LogP contribution in [-0.4, -0.2) is 26.8 Å². The van der Waals surface area contributed by atoms with Crippen LogP contribution in [0.5, 0.6) is 0 Å². The van der Waals surface area contributed by atoms with Gasteiger partial charge in [-0.25, -0.2) is 13.6 Å². The Labute approximate surface area is 92.7 Å². The van der Waals surface area contributed by atoms with Gasteiger partial charge in [-0.1, -0.05) is 32.1 Å². The summed E-state index contributed by atoms with van der Waals surface area (Å²) in [6.07, 6.45) is 8.83. The summed E-state index contributed by atoms with van der Waals surface area (Å²) in [7, 11) is -3.30. The number of primary sulfonamides is 1. The van der Waals surface area contributed by atoms with Gasteiger partial charge < -0.3 is 5.32 Å². The summed E-state index contributed by atoms with van der Waals surface area (Å²) in [5, 5.41) is 8.23. The molecule has 1 saturated carbocycles. The highest BCUT2D eigenvalue weighted by molar-refractivity contribution is 7.89. The van der Waals surface area contributed by atoms with Crippen molar-refractivity contribution in [3.05, 3.63) is 0 Å². The van der Waals surface area contributed by atoms with Crippen molar-refractivity contribution in [3.8, 4) is 0 Å². The van der Waals surface area contributed by atoms with Crippen molar-refractivity contribution in [2.45, 2.75) is 51.0 Å². The third kappa shape index (κ3) is 6.87. The molecule has 5 heteroatoms. The quantitative estimate of drug-likeness (QED) is 0.761. The smallest absolute Gasteiger partial charge is 0.210 e. The molecule has 1 aliphatic rings. The standard InChI is InChI=1S/C10H22N2O2S/c11-15(13,14)9-8-12-10-6-4-2-1-3-5-7-10/h10,12H,1-9H2,(H2,11,13,14). The van der Waals surface area contributed by atoms with Gasteiger partial charge in [0.15, 0.2) is 0 Å². The molecular weight excluding hydrogens is 212 g/mol. The fraction of sp³-hybridized carbons (Fsp3) is 1.00. The molecule has 3 N–H and O–H groups in total. The van der Waals surface area contributed by atoms with Crippen molar-refractivity contribution in [3.63, 3.8) is 0 Å². The molecule has 15 heavy (non-hydrogen) atoms. The van der Waals surface area contributed by atoms with Gasteiger partial charge in [0.25, 0.3) is 0 Å². The Bertz CT molecular complexity index is 257. The van der Waals surface area contributed by atoms with E-state index >= 15 is 0 Å². The molecule has 1 fully saturated rings. The molecule has 1 aliphatic carbocycles. The average molecular weight is 234 g/mol. The molecule has 0 aromatic carbocycles. The number of sulfonamides is 1. The van der Waals surface area contributed by atoms with E-state index in [1.165, 1.54) is 44.9 Å². The molecule has 0 amide bonds. The van der Waals surface area contributed by atoms with Gasteiger partial charge in [0.05, 0.1) is 5.75 Å². The van der Waals surface area contributed by atoms with Crippen molar-refractivity contribution in [2.24, 2.45) is 5.14 Å². The minimum absolute atomic E-state index is 0.0451. The molecule has 1 rings (SSSR count). The summed E-state index contributed by atoms with van der Waals surface area (Å²) in [4.78, 5) is 0. The number of rotatable bonds is 4. The van der Waals surface area contributed by atoms with Gasteiger partial charge in [-0.05, 0) is 12.8 Å². The van der Waals surface area contributed by atoms with Gasteiger partial charge in [0, 0.05) is 12.6 Å². The van der Waals surface area contributed by atoms with E-state index < -0.39 is 10.0 Å². The van der Waals surface area contributed by atoms with E-state index in [1.807, 2.05) is 0 Å². The first kappa shape index (κ1) is 12.9. The van der Waals surface area contributed by atoms with E-state index in [0.29, 0.717) is 12.6 Å². The number of hydrogen-bond acceptors (Lipinski definition) is 3. The number of hydrogen-bond donors (Lipinski definition) is 2.